The first-order valence-electron chi connectivity index (χ1n) is 13.7. The van der Waals surface area contributed by atoms with Crippen LogP contribution < -0.4 is 14.5 Å². The number of rotatable bonds is 7. The first-order chi connectivity index (χ1) is 19.4. The molecule has 2 aromatic carbocycles. The van der Waals surface area contributed by atoms with Crippen LogP contribution in [0.25, 0.3) is 0 Å². The molecule has 3 heterocycles. The van der Waals surface area contributed by atoms with E-state index in [2.05, 4.69) is 9.80 Å². The summed E-state index contributed by atoms with van der Waals surface area (Å²) < 4.78 is 33.6. The third-order valence-electron chi connectivity index (χ3n) is 7.39. The van der Waals surface area contributed by atoms with Gasteiger partial charge in [0, 0.05) is 69.6 Å². The van der Waals surface area contributed by atoms with Gasteiger partial charge in [0.2, 0.25) is 0 Å². The van der Waals surface area contributed by atoms with Gasteiger partial charge >= 0.3 is 18.0 Å². The highest BCUT2D eigenvalue weighted by atomic mass is 19.1. The maximum absolute atomic E-state index is 14.3. The van der Waals surface area contributed by atoms with E-state index in [9.17, 15) is 13.6 Å². The van der Waals surface area contributed by atoms with Crippen LogP contribution in [0, 0.1) is 11.6 Å². The zero-order valence-corrected chi connectivity index (χ0v) is 23.3. The van der Waals surface area contributed by atoms with Gasteiger partial charge in [-0.2, -0.15) is 0 Å². The Morgan fingerprint density at radius 1 is 0.878 bits per heavy atom. The van der Waals surface area contributed by atoms with Gasteiger partial charge in [0.1, 0.15) is 23.0 Å². The number of halogens is 2. The van der Waals surface area contributed by atoms with Crippen molar-refractivity contribution in [2.24, 2.45) is 0 Å². The van der Waals surface area contributed by atoms with Crippen LogP contribution in [-0.2, 0) is 16.0 Å². The summed E-state index contributed by atoms with van der Waals surface area (Å²) in [5.74, 6) is -3.30. The Kier molecular flexibility index (Phi) is 9.31. The number of aliphatic carboxylic acids is 2. The van der Waals surface area contributed by atoms with Crippen molar-refractivity contribution in [1.82, 2.24) is 9.80 Å². The molecule has 2 amide bonds. The number of carbonyl (C=O) groups is 3. The largest absolute Gasteiger partial charge is 0.485 e. The number of hydrogen-bond donors (Lipinski definition) is 2. The molecule has 12 heteroatoms. The van der Waals surface area contributed by atoms with Crippen molar-refractivity contribution in [3.05, 3.63) is 53.6 Å². The molecule has 2 fully saturated rings. The molecule has 2 saturated heterocycles. The Morgan fingerprint density at radius 2 is 1.51 bits per heavy atom. The topological polar surface area (TPSA) is 114 Å². The van der Waals surface area contributed by atoms with E-state index in [1.807, 2.05) is 18.7 Å². The van der Waals surface area contributed by atoms with Crippen molar-refractivity contribution in [3.8, 4) is 5.75 Å². The molecule has 3 aliphatic rings. The second-order valence-electron chi connectivity index (χ2n) is 11.0. The lowest BCUT2D eigenvalue weighted by molar-refractivity contribution is -0.159. The average molecular weight is 575 g/mol. The maximum Gasteiger partial charge on any atom is 0.414 e. The lowest BCUT2D eigenvalue weighted by atomic mass is 10.0. The van der Waals surface area contributed by atoms with Gasteiger partial charge in [0.05, 0.1) is 5.69 Å². The number of piperazine rings is 1. The van der Waals surface area contributed by atoms with Gasteiger partial charge in [-0.25, -0.2) is 23.2 Å². The molecule has 2 N–H and O–H groups in total. The van der Waals surface area contributed by atoms with Crippen LogP contribution in [-0.4, -0.2) is 95.9 Å². The summed E-state index contributed by atoms with van der Waals surface area (Å²) in [7, 11) is 0. The third-order valence-corrected chi connectivity index (χ3v) is 7.39. The monoisotopic (exact) mass is 574 g/mol. The van der Waals surface area contributed by atoms with Crippen molar-refractivity contribution in [3.63, 3.8) is 0 Å². The van der Waals surface area contributed by atoms with Crippen molar-refractivity contribution < 1.29 is 38.1 Å². The SMILES string of the molecule is CC1(C)Cc2cc(F)cc(N3CCN(CCCCN4CCN(c5ccc(F)cc5)C4=O)CC3)c2O1.O=C(O)C(=O)O. The highest BCUT2D eigenvalue weighted by molar-refractivity contribution is 6.27. The van der Waals surface area contributed by atoms with Gasteiger partial charge in [-0.1, -0.05) is 0 Å². The van der Waals surface area contributed by atoms with Crippen LogP contribution in [0.5, 0.6) is 5.75 Å². The highest BCUT2D eigenvalue weighted by Gasteiger charge is 2.34. The Bertz CT molecular complexity index is 1250. The van der Waals surface area contributed by atoms with E-state index in [0.717, 1.165) is 81.2 Å². The molecule has 10 nitrogen and oxygen atoms in total. The Balaban J connectivity index is 0.000000585. The standard InChI is InChI=1S/C27H34F2N4O2.C2H2O4/c1-27(2)19-20-17-22(29)18-24(25(20)35-27)31-13-11-30(12-14-31)9-3-4-10-32-15-16-33(26(32)34)23-7-5-21(28)6-8-23;3-1(4)2(5)6/h5-8,17-18H,3-4,9-16,19H2,1-2H3;(H,3,4)(H,5,6). The molecule has 222 valence electrons. The molecule has 3 aliphatic heterocycles. The minimum atomic E-state index is -1.82. The fraction of sp³-hybridized carbons (Fsp3) is 0.483. The number of benzene rings is 2. The van der Waals surface area contributed by atoms with E-state index in [4.69, 9.17) is 24.5 Å². The predicted molar refractivity (Wildman–Crippen MR) is 149 cm³/mol. The third kappa shape index (κ3) is 7.63. The molecule has 0 bridgehead atoms. The van der Waals surface area contributed by atoms with E-state index in [-0.39, 0.29) is 23.3 Å². The van der Waals surface area contributed by atoms with Crippen LogP contribution in [0.1, 0.15) is 32.3 Å². The number of carboxylic acids is 2. The van der Waals surface area contributed by atoms with E-state index < -0.39 is 11.9 Å². The molecule has 2 aromatic rings. The number of anilines is 2. The number of fused-ring (bicyclic) bond motifs is 1. The summed E-state index contributed by atoms with van der Waals surface area (Å²) in [5.41, 5.74) is 2.29. The van der Waals surface area contributed by atoms with Crippen LogP contribution >= 0.6 is 0 Å². The number of carbonyl (C=O) groups excluding carboxylic acids is 1. The van der Waals surface area contributed by atoms with Gasteiger partial charge < -0.3 is 24.7 Å². The lowest BCUT2D eigenvalue weighted by Gasteiger charge is -2.37. The van der Waals surface area contributed by atoms with Gasteiger partial charge in [-0.15, -0.1) is 0 Å². The molecule has 0 atom stereocenters. The fourth-order valence-corrected chi connectivity index (χ4v) is 5.39. The quantitative estimate of drug-likeness (QED) is 0.381. The smallest absolute Gasteiger partial charge is 0.414 e. The zero-order valence-electron chi connectivity index (χ0n) is 23.3. The van der Waals surface area contributed by atoms with E-state index in [1.54, 1.807) is 29.2 Å². The number of ether oxygens (including phenoxy) is 1. The second kappa shape index (κ2) is 12.7. The second-order valence-corrected chi connectivity index (χ2v) is 11.0. The Morgan fingerprint density at radius 3 is 2.15 bits per heavy atom. The molecule has 5 rings (SSSR count). The average Bonchev–Trinajstić information content (AvgIpc) is 3.44. The van der Waals surface area contributed by atoms with Crippen LogP contribution in [0.2, 0.25) is 0 Å². The molecule has 0 saturated carbocycles. The normalized spacial score (nSPS) is 18.0. The summed E-state index contributed by atoms with van der Waals surface area (Å²) in [5, 5.41) is 14.8. The van der Waals surface area contributed by atoms with Crippen molar-refractivity contribution in [2.75, 3.05) is 62.2 Å². The summed E-state index contributed by atoms with van der Waals surface area (Å²) in [6.45, 7) is 10.7. The Labute approximate surface area is 237 Å². The lowest BCUT2D eigenvalue weighted by Crippen LogP contribution is -2.46. The van der Waals surface area contributed by atoms with Crippen LogP contribution in [0.3, 0.4) is 0 Å². The summed E-state index contributed by atoms with van der Waals surface area (Å²) in [6.07, 6.45) is 2.70. The number of amides is 2. The van der Waals surface area contributed by atoms with E-state index in [0.29, 0.717) is 13.1 Å². The summed E-state index contributed by atoms with van der Waals surface area (Å²) in [4.78, 5) is 39.2. The molecular weight excluding hydrogens is 538 g/mol. The minimum Gasteiger partial charge on any atom is -0.485 e. The molecule has 0 unspecified atom stereocenters. The Hall–Kier alpha value is -3.93. The molecular formula is C29H36F2N4O6. The molecule has 0 aromatic heterocycles. The maximum atomic E-state index is 14.3. The van der Waals surface area contributed by atoms with Crippen molar-refractivity contribution >= 4 is 29.3 Å². The number of unbranched alkanes of at least 4 members (excludes halogenated alkanes) is 1. The molecule has 0 spiro atoms. The van der Waals surface area contributed by atoms with Crippen molar-refractivity contribution in [1.29, 1.82) is 0 Å². The van der Waals surface area contributed by atoms with E-state index >= 15 is 0 Å². The minimum absolute atomic E-state index is 0.00163. The first-order valence-corrected chi connectivity index (χ1v) is 13.7. The summed E-state index contributed by atoms with van der Waals surface area (Å²) in [6, 6.07) is 9.30. The molecule has 0 radical (unpaired) electrons. The van der Waals surface area contributed by atoms with Crippen LogP contribution in [0.4, 0.5) is 25.0 Å². The fourth-order valence-electron chi connectivity index (χ4n) is 5.39. The van der Waals surface area contributed by atoms with Gasteiger partial charge in [-0.3, -0.25) is 9.80 Å². The predicted octanol–water partition coefficient (Wildman–Crippen LogP) is 3.68. The van der Waals surface area contributed by atoms with E-state index in [1.165, 1.54) is 12.1 Å². The first kappa shape index (κ1) is 30.0. The highest BCUT2D eigenvalue weighted by Crippen LogP contribution is 2.43. The van der Waals surface area contributed by atoms with Gasteiger partial charge in [-0.05, 0) is 63.6 Å². The van der Waals surface area contributed by atoms with Crippen molar-refractivity contribution in [2.45, 2.75) is 38.7 Å². The number of carboxylic acid groups (broad SMARTS) is 2. The number of hydrogen-bond acceptors (Lipinski definition) is 6. The number of nitrogens with zero attached hydrogens (tertiary/aromatic N) is 4. The zero-order chi connectivity index (χ0) is 29.7. The number of urea groups is 1. The molecule has 0 aliphatic carbocycles. The molecule has 41 heavy (non-hydrogen) atoms. The van der Waals surface area contributed by atoms with Gasteiger partial charge in [0.25, 0.3) is 0 Å². The summed E-state index contributed by atoms with van der Waals surface area (Å²) >= 11 is 0. The van der Waals surface area contributed by atoms with Crippen LogP contribution in [0.15, 0.2) is 36.4 Å². The van der Waals surface area contributed by atoms with Gasteiger partial charge in [0.15, 0.2) is 0 Å².